The van der Waals surface area contributed by atoms with Gasteiger partial charge in [0, 0.05) is 17.8 Å². The molecule has 8 heteroatoms. The molecule has 6 nitrogen and oxygen atoms in total. The molecule has 2 amide bonds. The van der Waals surface area contributed by atoms with Crippen LogP contribution in [0.4, 0.5) is 13.6 Å². The maximum Gasteiger partial charge on any atom is 0.322 e. The lowest BCUT2D eigenvalue weighted by Crippen LogP contribution is -2.45. The number of amides is 2. The third kappa shape index (κ3) is 3.49. The number of nitrogens with one attached hydrogen (secondary N) is 1. The van der Waals surface area contributed by atoms with E-state index in [0.717, 1.165) is 0 Å². The van der Waals surface area contributed by atoms with Crippen molar-refractivity contribution in [1.29, 1.82) is 0 Å². The molecule has 3 aromatic rings. The second kappa shape index (κ2) is 7.46. The van der Waals surface area contributed by atoms with Crippen molar-refractivity contribution in [3.8, 4) is 11.4 Å². The van der Waals surface area contributed by atoms with E-state index in [0.29, 0.717) is 34.8 Å². The van der Waals surface area contributed by atoms with Gasteiger partial charge < -0.3 is 9.84 Å². The van der Waals surface area contributed by atoms with Gasteiger partial charge in [0.15, 0.2) is 0 Å². The summed E-state index contributed by atoms with van der Waals surface area (Å²) in [6, 6.07) is 10.8. The number of halogens is 2. The maximum absolute atomic E-state index is 13.4. The molecule has 0 spiro atoms. The summed E-state index contributed by atoms with van der Waals surface area (Å²) in [4.78, 5) is 18.6. The SMILES string of the molecule is CCN1C(=O)NC(c2ccc(F)cc2)C(c2nc(-c3ccc(F)cc3)no2)=C1C. The highest BCUT2D eigenvalue weighted by molar-refractivity contribution is 5.86. The number of carbonyl (C=O) groups excluding carboxylic acids is 1. The van der Waals surface area contributed by atoms with Crippen molar-refractivity contribution in [2.75, 3.05) is 6.54 Å². The molecular formula is C21H18F2N4O2. The zero-order chi connectivity index (χ0) is 20.5. The molecule has 29 heavy (non-hydrogen) atoms. The minimum absolute atomic E-state index is 0.231. The summed E-state index contributed by atoms with van der Waals surface area (Å²) in [5.41, 5.74) is 2.58. The first-order valence-electron chi connectivity index (χ1n) is 9.12. The van der Waals surface area contributed by atoms with E-state index in [2.05, 4.69) is 15.5 Å². The summed E-state index contributed by atoms with van der Waals surface area (Å²) in [5.74, 6) is -0.196. The van der Waals surface area contributed by atoms with Gasteiger partial charge in [-0.1, -0.05) is 17.3 Å². The minimum atomic E-state index is -0.576. The first-order chi connectivity index (χ1) is 14.0. The molecule has 0 saturated carbocycles. The Morgan fingerprint density at radius 1 is 1.07 bits per heavy atom. The van der Waals surface area contributed by atoms with Gasteiger partial charge >= 0.3 is 6.03 Å². The van der Waals surface area contributed by atoms with E-state index >= 15 is 0 Å². The van der Waals surface area contributed by atoms with Crippen LogP contribution in [0, 0.1) is 11.6 Å². The minimum Gasteiger partial charge on any atom is -0.334 e. The van der Waals surface area contributed by atoms with Gasteiger partial charge in [-0.3, -0.25) is 4.90 Å². The lowest BCUT2D eigenvalue weighted by Gasteiger charge is -2.34. The second-order valence-electron chi connectivity index (χ2n) is 6.61. The number of benzene rings is 2. The fourth-order valence-electron chi connectivity index (χ4n) is 3.39. The summed E-state index contributed by atoms with van der Waals surface area (Å²) in [5, 5.41) is 6.92. The van der Waals surface area contributed by atoms with Crippen LogP contribution in [-0.2, 0) is 0 Å². The van der Waals surface area contributed by atoms with E-state index in [1.54, 1.807) is 36.1 Å². The number of rotatable bonds is 4. The van der Waals surface area contributed by atoms with E-state index < -0.39 is 6.04 Å². The Morgan fingerprint density at radius 2 is 1.69 bits per heavy atom. The van der Waals surface area contributed by atoms with Crippen LogP contribution < -0.4 is 5.32 Å². The zero-order valence-corrected chi connectivity index (χ0v) is 15.8. The molecule has 2 aromatic carbocycles. The van der Waals surface area contributed by atoms with E-state index in [1.807, 2.05) is 6.92 Å². The second-order valence-corrected chi connectivity index (χ2v) is 6.61. The lowest BCUT2D eigenvalue weighted by molar-refractivity contribution is 0.207. The summed E-state index contributed by atoms with van der Waals surface area (Å²) in [7, 11) is 0. The van der Waals surface area contributed by atoms with E-state index in [4.69, 9.17) is 4.52 Å². The fourth-order valence-corrected chi connectivity index (χ4v) is 3.39. The molecule has 1 unspecified atom stereocenters. The predicted molar refractivity (Wildman–Crippen MR) is 102 cm³/mol. The molecule has 2 heterocycles. The maximum atomic E-state index is 13.4. The van der Waals surface area contributed by atoms with Crippen LogP contribution in [0.1, 0.15) is 31.3 Å². The van der Waals surface area contributed by atoms with Gasteiger partial charge in [-0.25, -0.2) is 13.6 Å². The van der Waals surface area contributed by atoms with Crippen LogP contribution in [0.15, 0.2) is 58.8 Å². The van der Waals surface area contributed by atoms with E-state index in [-0.39, 0.29) is 23.6 Å². The Labute approximate surface area is 165 Å². The molecule has 1 aliphatic rings. The van der Waals surface area contributed by atoms with Crippen LogP contribution in [0.3, 0.4) is 0 Å². The predicted octanol–water partition coefficient (Wildman–Crippen LogP) is 4.53. The monoisotopic (exact) mass is 396 g/mol. The molecule has 0 bridgehead atoms. The number of hydrogen-bond donors (Lipinski definition) is 1. The van der Waals surface area contributed by atoms with Crippen LogP contribution in [0.2, 0.25) is 0 Å². The van der Waals surface area contributed by atoms with E-state index in [1.165, 1.54) is 24.3 Å². The van der Waals surface area contributed by atoms with Crippen molar-refractivity contribution in [3.05, 3.63) is 77.3 Å². The highest BCUT2D eigenvalue weighted by Crippen LogP contribution is 2.37. The molecule has 1 atom stereocenters. The summed E-state index contributed by atoms with van der Waals surface area (Å²) in [6.45, 7) is 4.11. The molecule has 1 aromatic heterocycles. The largest absolute Gasteiger partial charge is 0.334 e. The Hall–Kier alpha value is -3.55. The number of urea groups is 1. The lowest BCUT2D eigenvalue weighted by atomic mass is 9.94. The average molecular weight is 396 g/mol. The Bertz CT molecular complexity index is 1070. The number of allylic oxidation sites excluding steroid dienone is 1. The van der Waals surface area contributed by atoms with Crippen molar-refractivity contribution in [3.63, 3.8) is 0 Å². The number of carbonyl (C=O) groups is 1. The van der Waals surface area contributed by atoms with Crippen LogP contribution in [-0.4, -0.2) is 27.6 Å². The highest BCUT2D eigenvalue weighted by atomic mass is 19.1. The molecule has 0 aliphatic carbocycles. The number of hydrogen-bond acceptors (Lipinski definition) is 4. The van der Waals surface area contributed by atoms with Gasteiger partial charge in [-0.2, -0.15) is 4.98 Å². The molecule has 0 radical (unpaired) electrons. The van der Waals surface area contributed by atoms with Crippen LogP contribution in [0.25, 0.3) is 17.0 Å². The van der Waals surface area contributed by atoms with Gasteiger partial charge in [0.2, 0.25) is 5.82 Å². The number of nitrogens with zero attached hydrogens (tertiary/aromatic N) is 3. The molecule has 148 valence electrons. The van der Waals surface area contributed by atoms with Gasteiger partial charge in [-0.05, 0) is 55.8 Å². The third-order valence-corrected chi connectivity index (χ3v) is 4.87. The van der Waals surface area contributed by atoms with Gasteiger partial charge in [0.05, 0.1) is 11.6 Å². The topological polar surface area (TPSA) is 71.3 Å². The zero-order valence-electron chi connectivity index (χ0n) is 15.8. The Kier molecular flexibility index (Phi) is 4.84. The Morgan fingerprint density at radius 3 is 2.31 bits per heavy atom. The van der Waals surface area contributed by atoms with Crippen molar-refractivity contribution < 1.29 is 18.1 Å². The molecule has 4 rings (SSSR count). The van der Waals surface area contributed by atoms with Gasteiger partial charge in [-0.15, -0.1) is 0 Å². The molecule has 0 saturated heterocycles. The first kappa shape index (κ1) is 18.8. The number of aromatic nitrogens is 2. The smallest absolute Gasteiger partial charge is 0.322 e. The van der Waals surface area contributed by atoms with Crippen molar-refractivity contribution >= 4 is 11.6 Å². The standard InChI is InChI=1S/C21H18F2N4O2/c1-3-27-12(2)17(18(24-21(27)28)13-4-8-15(22)9-5-13)20-25-19(26-29-20)14-6-10-16(23)11-7-14/h4-11,18H,3H2,1-2H3,(H,24,28). The summed E-state index contributed by atoms with van der Waals surface area (Å²) >= 11 is 0. The molecular weight excluding hydrogens is 378 g/mol. The fraction of sp³-hybridized carbons (Fsp3) is 0.190. The van der Waals surface area contributed by atoms with E-state index in [9.17, 15) is 13.6 Å². The van der Waals surface area contributed by atoms with Crippen molar-refractivity contribution in [1.82, 2.24) is 20.4 Å². The van der Waals surface area contributed by atoms with Gasteiger partial charge in [0.1, 0.15) is 11.6 Å². The van der Waals surface area contributed by atoms with Crippen molar-refractivity contribution in [2.45, 2.75) is 19.9 Å². The third-order valence-electron chi connectivity index (χ3n) is 4.87. The normalized spacial score (nSPS) is 16.9. The Balaban J connectivity index is 1.80. The molecule has 1 N–H and O–H groups in total. The molecule has 1 aliphatic heterocycles. The van der Waals surface area contributed by atoms with Gasteiger partial charge in [0.25, 0.3) is 5.89 Å². The van der Waals surface area contributed by atoms with Crippen LogP contribution >= 0.6 is 0 Å². The average Bonchev–Trinajstić information content (AvgIpc) is 3.18. The molecule has 0 fully saturated rings. The quantitative estimate of drug-likeness (QED) is 0.703. The highest BCUT2D eigenvalue weighted by Gasteiger charge is 2.35. The summed E-state index contributed by atoms with van der Waals surface area (Å²) < 4.78 is 32.1. The first-order valence-corrected chi connectivity index (χ1v) is 9.12. The summed E-state index contributed by atoms with van der Waals surface area (Å²) in [6.07, 6.45) is 0. The van der Waals surface area contributed by atoms with Crippen LogP contribution in [0.5, 0.6) is 0 Å². The van der Waals surface area contributed by atoms with Crippen molar-refractivity contribution in [2.24, 2.45) is 0 Å².